The summed E-state index contributed by atoms with van der Waals surface area (Å²) in [6, 6.07) is 9.27. The van der Waals surface area contributed by atoms with E-state index in [9.17, 15) is 10.2 Å². The Morgan fingerprint density at radius 3 is 2.45 bits per heavy atom. The van der Waals surface area contributed by atoms with Crippen LogP contribution in [0.3, 0.4) is 0 Å². The van der Waals surface area contributed by atoms with E-state index in [2.05, 4.69) is 64.4 Å². The van der Waals surface area contributed by atoms with Gasteiger partial charge in [0.25, 0.3) is 0 Å². The third-order valence-corrected chi connectivity index (χ3v) is 5.00. The van der Waals surface area contributed by atoms with Gasteiger partial charge < -0.3 is 15.2 Å². The number of nitrogens with one attached hydrogen (secondary N) is 1. The van der Waals surface area contributed by atoms with Crippen molar-refractivity contribution in [2.24, 2.45) is 4.99 Å². The van der Waals surface area contributed by atoms with E-state index in [1.165, 1.54) is 0 Å². The minimum atomic E-state index is 0.0812. The van der Waals surface area contributed by atoms with Crippen molar-refractivity contribution in [3.63, 3.8) is 0 Å². The molecule has 0 aliphatic rings. The zero-order chi connectivity index (χ0) is 15.9. The summed E-state index contributed by atoms with van der Waals surface area (Å²) in [5.41, 5.74) is 2.14. The zero-order valence-electron chi connectivity index (χ0n) is 10.9. The van der Waals surface area contributed by atoms with Crippen LogP contribution in [0.25, 0.3) is 10.9 Å². The molecule has 3 rings (SSSR count). The molecular weight excluding hydrogens is 527 g/mol. The maximum Gasteiger partial charge on any atom is 0.198 e. The fourth-order valence-corrected chi connectivity index (χ4v) is 3.72. The van der Waals surface area contributed by atoms with Crippen LogP contribution >= 0.6 is 54.5 Å². The van der Waals surface area contributed by atoms with Gasteiger partial charge in [0, 0.05) is 20.7 Å². The summed E-state index contributed by atoms with van der Waals surface area (Å²) < 4.78 is 2.17. The highest BCUT2D eigenvalue weighted by atomic mass is 127. The van der Waals surface area contributed by atoms with Crippen molar-refractivity contribution in [2.75, 3.05) is 0 Å². The molecule has 2 aromatic carbocycles. The van der Waals surface area contributed by atoms with Gasteiger partial charge in [-0.2, -0.15) is 0 Å². The maximum atomic E-state index is 10.0. The Morgan fingerprint density at radius 1 is 1.09 bits per heavy atom. The van der Waals surface area contributed by atoms with Crippen LogP contribution in [0.1, 0.15) is 5.56 Å². The number of phenols is 1. The number of benzene rings is 2. The third-order valence-electron chi connectivity index (χ3n) is 3.12. The SMILES string of the molecule is Oc1[nH]c2ccc(I)cc2c1C=Nc1cc(Br)c(O)c(Br)c1. The third kappa shape index (κ3) is 3.02. The molecule has 0 fully saturated rings. The van der Waals surface area contributed by atoms with Crippen LogP contribution in [0.2, 0.25) is 0 Å². The molecule has 3 N–H and O–H groups in total. The van der Waals surface area contributed by atoms with Gasteiger partial charge in [-0.1, -0.05) is 0 Å². The minimum absolute atomic E-state index is 0.0812. The molecule has 1 heterocycles. The van der Waals surface area contributed by atoms with Crippen molar-refractivity contribution in [3.8, 4) is 11.6 Å². The normalized spacial score (nSPS) is 11.6. The molecule has 0 amide bonds. The second-order valence-electron chi connectivity index (χ2n) is 4.59. The van der Waals surface area contributed by atoms with Gasteiger partial charge in [-0.15, -0.1) is 0 Å². The summed E-state index contributed by atoms with van der Waals surface area (Å²) in [4.78, 5) is 7.30. The molecule has 4 nitrogen and oxygen atoms in total. The first-order chi connectivity index (χ1) is 10.5. The first-order valence-electron chi connectivity index (χ1n) is 6.18. The Bertz CT molecular complexity index is 883. The average Bonchev–Trinajstić information content (AvgIpc) is 2.77. The van der Waals surface area contributed by atoms with Crippen molar-refractivity contribution in [1.82, 2.24) is 4.98 Å². The molecule has 0 saturated heterocycles. The van der Waals surface area contributed by atoms with Crippen LogP contribution in [0.5, 0.6) is 11.6 Å². The average molecular weight is 536 g/mol. The van der Waals surface area contributed by atoms with E-state index in [1.54, 1.807) is 18.3 Å². The molecule has 0 atom stereocenters. The molecule has 112 valence electrons. The number of hydrogen-bond donors (Lipinski definition) is 3. The van der Waals surface area contributed by atoms with E-state index < -0.39 is 0 Å². The molecular formula is C15H9Br2IN2O2. The van der Waals surface area contributed by atoms with E-state index >= 15 is 0 Å². The molecule has 0 unspecified atom stereocenters. The molecule has 3 aromatic rings. The van der Waals surface area contributed by atoms with E-state index in [0.717, 1.165) is 14.5 Å². The lowest BCUT2D eigenvalue weighted by atomic mass is 10.2. The van der Waals surface area contributed by atoms with Gasteiger partial charge in [-0.05, 0) is 84.8 Å². The second-order valence-corrected chi connectivity index (χ2v) is 7.55. The Kier molecular flexibility index (Phi) is 4.47. The van der Waals surface area contributed by atoms with Gasteiger partial charge in [-0.3, -0.25) is 4.99 Å². The summed E-state index contributed by atoms with van der Waals surface area (Å²) in [6.07, 6.45) is 1.61. The molecule has 0 bridgehead atoms. The van der Waals surface area contributed by atoms with Gasteiger partial charge in [0.1, 0.15) is 5.75 Å². The van der Waals surface area contributed by atoms with Gasteiger partial charge >= 0.3 is 0 Å². The van der Waals surface area contributed by atoms with Gasteiger partial charge in [0.05, 0.1) is 20.2 Å². The van der Waals surface area contributed by atoms with Crippen LogP contribution in [0.15, 0.2) is 44.3 Å². The smallest absolute Gasteiger partial charge is 0.198 e. The number of aliphatic imine (C=N–C) groups is 1. The monoisotopic (exact) mass is 534 g/mol. The molecule has 0 saturated carbocycles. The van der Waals surface area contributed by atoms with Crippen LogP contribution < -0.4 is 0 Å². The predicted molar refractivity (Wildman–Crippen MR) is 103 cm³/mol. The lowest BCUT2D eigenvalue weighted by Gasteiger charge is -2.02. The predicted octanol–water partition coefficient (Wildman–Crippen LogP) is 5.46. The van der Waals surface area contributed by atoms with Crippen LogP contribution in [0.4, 0.5) is 5.69 Å². The number of hydrogen-bond acceptors (Lipinski definition) is 3. The summed E-state index contributed by atoms with van der Waals surface area (Å²) in [7, 11) is 0. The number of aromatic amines is 1. The lowest BCUT2D eigenvalue weighted by molar-refractivity contribution is 0.457. The molecule has 0 aliphatic heterocycles. The summed E-state index contributed by atoms with van der Waals surface area (Å²) in [6.45, 7) is 0. The summed E-state index contributed by atoms with van der Waals surface area (Å²) in [5.74, 6) is 0.209. The Morgan fingerprint density at radius 2 is 1.77 bits per heavy atom. The number of aromatic nitrogens is 1. The van der Waals surface area contributed by atoms with Crippen LogP contribution in [-0.2, 0) is 0 Å². The van der Waals surface area contributed by atoms with Crippen molar-refractivity contribution in [3.05, 3.63) is 48.4 Å². The number of phenolic OH excluding ortho intramolecular Hbond substituents is 1. The number of halogens is 3. The number of nitrogens with zero attached hydrogens (tertiary/aromatic N) is 1. The first-order valence-corrected chi connectivity index (χ1v) is 8.84. The number of H-pyrrole nitrogens is 1. The standard InChI is InChI=1S/C15H9Br2IN2O2/c16-11-4-8(5-12(17)14(11)21)19-6-10-9-3-7(18)1-2-13(9)20-15(10)22/h1-6,20-22H. The highest BCUT2D eigenvalue weighted by molar-refractivity contribution is 14.1. The van der Waals surface area contributed by atoms with Crippen LogP contribution in [0, 0.1) is 3.57 Å². The Balaban J connectivity index is 2.06. The largest absolute Gasteiger partial charge is 0.506 e. The maximum absolute atomic E-state index is 10.0. The fraction of sp³-hybridized carbons (Fsp3) is 0. The van der Waals surface area contributed by atoms with Crippen molar-refractivity contribution >= 4 is 77.3 Å². The molecule has 1 aromatic heterocycles. The van der Waals surface area contributed by atoms with Gasteiger partial charge in [-0.25, -0.2) is 0 Å². The van der Waals surface area contributed by atoms with E-state index in [4.69, 9.17) is 0 Å². The van der Waals surface area contributed by atoms with E-state index in [0.29, 0.717) is 20.2 Å². The highest BCUT2D eigenvalue weighted by Gasteiger charge is 2.10. The van der Waals surface area contributed by atoms with Crippen molar-refractivity contribution < 1.29 is 10.2 Å². The second kappa shape index (κ2) is 6.21. The topological polar surface area (TPSA) is 68.6 Å². The Hall–Kier alpha value is -1.06. The van der Waals surface area contributed by atoms with Crippen LogP contribution in [-0.4, -0.2) is 21.4 Å². The van der Waals surface area contributed by atoms with E-state index in [1.807, 2.05) is 18.2 Å². The first kappa shape index (κ1) is 15.8. The number of aromatic hydroxyl groups is 2. The number of rotatable bonds is 2. The van der Waals surface area contributed by atoms with Gasteiger partial charge in [0.15, 0.2) is 5.88 Å². The summed E-state index contributed by atoms with van der Waals surface area (Å²) >= 11 is 8.76. The lowest BCUT2D eigenvalue weighted by Crippen LogP contribution is -1.80. The quantitative estimate of drug-likeness (QED) is 0.301. The van der Waals surface area contributed by atoms with Crippen molar-refractivity contribution in [2.45, 2.75) is 0 Å². The molecule has 0 spiro atoms. The van der Waals surface area contributed by atoms with Gasteiger partial charge in [0.2, 0.25) is 0 Å². The van der Waals surface area contributed by atoms with Crippen molar-refractivity contribution in [1.29, 1.82) is 0 Å². The Labute approximate surface area is 156 Å². The molecule has 7 heteroatoms. The molecule has 22 heavy (non-hydrogen) atoms. The summed E-state index contributed by atoms with van der Waals surface area (Å²) in [5, 5.41) is 20.7. The molecule has 0 radical (unpaired) electrons. The van der Waals surface area contributed by atoms with E-state index in [-0.39, 0.29) is 11.6 Å². The number of fused-ring (bicyclic) bond motifs is 1. The fourth-order valence-electron chi connectivity index (χ4n) is 2.07. The highest BCUT2D eigenvalue weighted by Crippen LogP contribution is 2.36. The zero-order valence-corrected chi connectivity index (χ0v) is 16.3. The molecule has 0 aliphatic carbocycles. The minimum Gasteiger partial charge on any atom is -0.506 e.